The van der Waals surface area contributed by atoms with Crippen molar-refractivity contribution < 1.29 is 31.8 Å². The molecule has 208 valence electrons. The maximum Gasteiger partial charge on any atom is 0.264 e. The summed E-state index contributed by atoms with van der Waals surface area (Å²) in [6.07, 6.45) is 2.04. The van der Waals surface area contributed by atoms with Crippen molar-refractivity contribution in [3.8, 4) is 17.2 Å². The number of nitrogens with one attached hydrogen (secondary N) is 1. The Kier molecular flexibility index (Phi) is 8.34. The van der Waals surface area contributed by atoms with Crippen LogP contribution in [0.2, 0.25) is 0 Å². The number of carbonyl (C=O) groups is 1. The van der Waals surface area contributed by atoms with Gasteiger partial charge in [-0.2, -0.15) is 0 Å². The Hall–Kier alpha value is -3.79. The average molecular weight is 557 g/mol. The van der Waals surface area contributed by atoms with Gasteiger partial charge in [-0.05, 0) is 55.3 Å². The van der Waals surface area contributed by atoms with Crippen LogP contribution in [0.3, 0.4) is 0 Å². The van der Waals surface area contributed by atoms with Crippen LogP contribution >= 0.6 is 0 Å². The number of hydrogen-bond acceptors (Lipinski definition) is 6. The van der Waals surface area contributed by atoms with Crippen molar-refractivity contribution in [3.63, 3.8) is 0 Å². The predicted molar refractivity (Wildman–Crippen MR) is 146 cm³/mol. The van der Waals surface area contributed by atoms with Gasteiger partial charge in [0.15, 0.2) is 11.5 Å². The Morgan fingerprint density at radius 1 is 1.03 bits per heavy atom. The summed E-state index contributed by atoms with van der Waals surface area (Å²) in [5.74, 6) is 0.241. The number of amides is 1. The van der Waals surface area contributed by atoms with Crippen molar-refractivity contribution in [2.24, 2.45) is 0 Å². The Morgan fingerprint density at radius 3 is 2.33 bits per heavy atom. The van der Waals surface area contributed by atoms with Crippen molar-refractivity contribution in [2.75, 3.05) is 25.1 Å². The standard InChI is InChI=1S/C29H33FN2O6S/c1-5-29(6-2)18-24(23-9-7-8-10-25(23)38-29)31-28(33)19-32(21-13-11-20(30)12-14-21)39(34,35)22-15-16-26(36-3)27(17-22)37-4/h7-17,24H,5-6,18-19H2,1-4H3,(H,31,33)/t24-/m0/s1. The van der Waals surface area contributed by atoms with Crippen molar-refractivity contribution in [2.45, 2.75) is 49.6 Å². The third-order valence-electron chi connectivity index (χ3n) is 7.17. The number of carbonyl (C=O) groups excluding carboxylic acids is 1. The molecule has 0 aromatic heterocycles. The lowest BCUT2D eigenvalue weighted by Crippen LogP contribution is -2.47. The molecule has 0 unspecified atom stereocenters. The number of methoxy groups -OCH3 is 2. The van der Waals surface area contributed by atoms with Crippen LogP contribution in [0.25, 0.3) is 0 Å². The summed E-state index contributed by atoms with van der Waals surface area (Å²) in [6, 6.07) is 16.3. The first-order valence-corrected chi connectivity index (χ1v) is 14.2. The highest BCUT2D eigenvalue weighted by Crippen LogP contribution is 2.42. The fraction of sp³-hybridized carbons (Fsp3) is 0.345. The topological polar surface area (TPSA) is 94.2 Å². The van der Waals surface area contributed by atoms with Gasteiger partial charge in [0.2, 0.25) is 5.91 Å². The van der Waals surface area contributed by atoms with E-state index < -0.39 is 33.9 Å². The molecule has 39 heavy (non-hydrogen) atoms. The minimum Gasteiger partial charge on any atom is -0.493 e. The first-order chi connectivity index (χ1) is 18.7. The highest BCUT2D eigenvalue weighted by Gasteiger charge is 2.39. The predicted octanol–water partition coefficient (Wildman–Crippen LogP) is 5.24. The lowest BCUT2D eigenvalue weighted by molar-refractivity contribution is -0.121. The first kappa shape index (κ1) is 28.2. The highest BCUT2D eigenvalue weighted by atomic mass is 32.2. The van der Waals surface area contributed by atoms with E-state index in [2.05, 4.69) is 5.32 Å². The lowest BCUT2D eigenvalue weighted by atomic mass is 9.83. The molecular formula is C29H33FN2O6S. The number of halogens is 1. The van der Waals surface area contributed by atoms with Crippen molar-refractivity contribution in [1.82, 2.24) is 5.32 Å². The summed E-state index contributed by atoms with van der Waals surface area (Å²) in [5.41, 5.74) is 0.527. The molecule has 4 rings (SSSR count). The molecular weight excluding hydrogens is 523 g/mol. The molecule has 0 spiro atoms. The number of rotatable bonds is 10. The number of anilines is 1. The number of para-hydroxylation sites is 1. The van der Waals surface area contributed by atoms with E-state index in [4.69, 9.17) is 14.2 Å². The fourth-order valence-corrected chi connectivity index (χ4v) is 6.26. The van der Waals surface area contributed by atoms with E-state index in [1.54, 1.807) is 0 Å². The van der Waals surface area contributed by atoms with E-state index in [1.165, 1.54) is 44.6 Å². The summed E-state index contributed by atoms with van der Waals surface area (Å²) in [4.78, 5) is 13.4. The van der Waals surface area contributed by atoms with Crippen LogP contribution in [0, 0.1) is 5.82 Å². The van der Waals surface area contributed by atoms with Crippen LogP contribution in [0.15, 0.2) is 71.6 Å². The van der Waals surface area contributed by atoms with Crippen molar-refractivity contribution >= 4 is 21.6 Å². The van der Waals surface area contributed by atoms with Crippen molar-refractivity contribution in [3.05, 3.63) is 78.1 Å². The van der Waals surface area contributed by atoms with Crippen molar-refractivity contribution in [1.29, 1.82) is 0 Å². The molecule has 0 bridgehead atoms. The van der Waals surface area contributed by atoms with E-state index in [0.29, 0.717) is 17.9 Å². The second-order valence-corrected chi connectivity index (χ2v) is 11.2. The summed E-state index contributed by atoms with van der Waals surface area (Å²) in [6.45, 7) is 3.57. The monoisotopic (exact) mass is 556 g/mol. The Balaban J connectivity index is 1.68. The van der Waals surface area contributed by atoms with Gasteiger partial charge in [0, 0.05) is 18.1 Å². The number of fused-ring (bicyclic) bond motifs is 1. The van der Waals surface area contributed by atoms with Crippen LogP contribution in [0.1, 0.15) is 44.7 Å². The smallest absolute Gasteiger partial charge is 0.264 e. The second-order valence-electron chi connectivity index (χ2n) is 9.36. The Morgan fingerprint density at radius 2 is 1.69 bits per heavy atom. The summed E-state index contributed by atoms with van der Waals surface area (Å²) >= 11 is 0. The molecule has 1 aliphatic heterocycles. The third kappa shape index (κ3) is 5.80. The largest absolute Gasteiger partial charge is 0.493 e. The highest BCUT2D eigenvalue weighted by molar-refractivity contribution is 7.92. The Bertz CT molecular complexity index is 1420. The summed E-state index contributed by atoms with van der Waals surface area (Å²) in [7, 11) is -1.42. The molecule has 1 aliphatic rings. The van der Waals surface area contributed by atoms with E-state index in [-0.39, 0.29) is 22.4 Å². The minimum absolute atomic E-state index is 0.107. The lowest BCUT2D eigenvalue weighted by Gasteiger charge is -2.41. The molecule has 8 nitrogen and oxygen atoms in total. The molecule has 3 aromatic rings. The van der Waals surface area contributed by atoms with Gasteiger partial charge in [-0.25, -0.2) is 12.8 Å². The minimum atomic E-state index is -4.26. The van der Waals surface area contributed by atoms with Gasteiger partial charge < -0.3 is 19.5 Å². The number of ether oxygens (including phenoxy) is 3. The summed E-state index contributed by atoms with van der Waals surface area (Å²) in [5, 5.41) is 3.03. The molecule has 0 radical (unpaired) electrons. The molecule has 1 amide bonds. The van der Waals surface area contributed by atoms with Gasteiger partial charge in [0.05, 0.1) is 30.8 Å². The normalized spacial score (nSPS) is 16.0. The quantitative estimate of drug-likeness (QED) is 0.367. The van der Waals surface area contributed by atoms with Gasteiger partial charge in [-0.15, -0.1) is 0 Å². The zero-order chi connectivity index (χ0) is 28.2. The molecule has 3 aromatic carbocycles. The summed E-state index contributed by atoms with van der Waals surface area (Å²) < 4.78 is 59.2. The van der Waals surface area contributed by atoms with E-state index >= 15 is 0 Å². The Labute approximate surface area is 228 Å². The molecule has 1 heterocycles. The van der Waals surface area contributed by atoms with Gasteiger partial charge >= 0.3 is 0 Å². The molecule has 1 atom stereocenters. The molecule has 0 fully saturated rings. The van der Waals surface area contributed by atoms with E-state index in [0.717, 1.165) is 34.8 Å². The average Bonchev–Trinajstić information content (AvgIpc) is 2.95. The molecule has 0 saturated heterocycles. The van der Waals surface area contributed by atoms with Gasteiger partial charge in [0.25, 0.3) is 10.0 Å². The first-order valence-electron chi connectivity index (χ1n) is 12.7. The molecule has 1 N–H and O–H groups in total. The number of sulfonamides is 1. The number of hydrogen-bond donors (Lipinski definition) is 1. The molecule has 0 aliphatic carbocycles. The zero-order valence-electron chi connectivity index (χ0n) is 22.4. The fourth-order valence-electron chi connectivity index (χ4n) is 4.83. The van der Waals surface area contributed by atoms with Gasteiger partial charge in [-0.1, -0.05) is 32.0 Å². The molecule has 10 heteroatoms. The number of nitrogens with zero attached hydrogens (tertiary/aromatic N) is 1. The van der Waals surface area contributed by atoms with Crippen LogP contribution in [0.4, 0.5) is 10.1 Å². The maximum atomic E-state index is 13.8. The van der Waals surface area contributed by atoms with Crippen LogP contribution < -0.4 is 23.8 Å². The van der Waals surface area contributed by atoms with Crippen LogP contribution in [-0.4, -0.2) is 40.7 Å². The molecule has 0 saturated carbocycles. The maximum absolute atomic E-state index is 13.8. The van der Waals surface area contributed by atoms with E-state index in [9.17, 15) is 17.6 Å². The second kappa shape index (κ2) is 11.5. The van der Waals surface area contributed by atoms with Crippen LogP contribution in [0.5, 0.6) is 17.2 Å². The van der Waals surface area contributed by atoms with E-state index in [1.807, 2.05) is 38.1 Å². The van der Waals surface area contributed by atoms with Crippen LogP contribution in [-0.2, 0) is 14.8 Å². The third-order valence-corrected chi connectivity index (χ3v) is 8.94. The SMILES string of the molecule is CCC1(CC)C[C@H](NC(=O)CN(c2ccc(F)cc2)S(=O)(=O)c2ccc(OC)c(OC)c2)c2ccccc2O1. The van der Waals surface area contributed by atoms with Gasteiger partial charge in [-0.3, -0.25) is 9.10 Å². The number of benzene rings is 3. The zero-order valence-corrected chi connectivity index (χ0v) is 23.3. The van der Waals surface area contributed by atoms with Gasteiger partial charge in [0.1, 0.15) is 23.7 Å².